The number of aromatic hydroxyl groups is 1. The summed E-state index contributed by atoms with van der Waals surface area (Å²) in [5.41, 5.74) is 1.15. The third-order valence-corrected chi connectivity index (χ3v) is 4.52. The lowest BCUT2D eigenvalue weighted by molar-refractivity contribution is -0.0410. The number of benzene rings is 1. The summed E-state index contributed by atoms with van der Waals surface area (Å²) in [6.07, 6.45) is 3.18. The standard InChI is InChI=1S/C15H20BrNO3/c1-2-19-14-6-10(5-13(16)15(14)18)7-17-8-11-3-4-12(9-17)20-11/h5-6,11-12,18H,2-4,7-9H2,1H3. The van der Waals surface area contributed by atoms with Crippen molar-refractivity contribution in [2.75, 3.05) is 19.7 Å². The van der Waals surface area contributed by atoms with E-state index in [1.165, 1.54) is 12.8 Å². The van der Waals surface area contributed by atoms with Crippen molar-refractivity contribution >= 4 is 15.9 Å². The van der Waals surface area contributed by atoms with Crippen LogP contribution in [-0.4, -0.2) is 41.9 Å². The topological polar surface area (TPSA) is 41.9 Å². The number of hydrogen-bond donors (Lipinski definition) is 1. The lowest BCUT2D eigenvalue weighted by atomic mass is 10.1. The first-order valence-electron chi connectivity index (χ1n) is 7.17. The molecule has 2 unspecified atom stereocenters. The van der Waals surface area contributed by atoms with Crippen LogP contribution in [-0.2, 0) is 11.3 Å². The van der Waals surface area contributed by atoms with Crippen molar-refractivity contribution in [3.8, 4) is 11.5 Å². The number of rotatable bonds is 4. The number of likely N-dealkylation sites (tertiary alicyclic amines) is 1. The predicted molar refractivity (Wildman–Crippen MR) is 80.1 cm³/mol. The zero-order chi connectivity index (χ0) is 14.1. The van der Waals surface area contributed by atoms with Gasteiger partial charge in [-0.05, 0) is 53.4 Å². The highest BCUT2D eigenvalue weighted by Crippen LogP contribution is 2.36. The van der Waals surface area contributed by atoms with Crippen LogP contribution in [0.25, 0.3) is 0 Å². The SMILES string of the molecule is CCOc1cc(CN2CC3CCC(C2)O3)cc(Br)c1O. The van der Waals surface area contributed by atoms with E-state index in [0.717, 1.165) is 25.2 Å². The van der Waals surface area contributed by atoms with Gasteiger partial charge in [-0.3, -0.25) is 4.90 Å². The van der Waals surface area contributed by atoms with Crippen LogP contribution in [0.1, 0.15) is 25.3 Å². The number of hydrogen-bond acceptors (Lipinski definition) is 4. The zero-order valence-corrected chi connectivity index (χ0v) is 13.2. The summed E-state index contributed by atoms with van der Waals surface area (Å²) in [7, 11) is 0. The minimum Gasteiger partial charge on any atom is -0.503 e. The lowest BCUT2D eigenvalue weighted by Crippen LogP contribution is -2.41. The maximum Gasteiger partial charge on any atom is 0.172 e. The molecule has 110 valence electrons. The number of ether oxygens (including phenoxy) is 2. The van der Waals surface area contributed by atoms with Gasteiger partial charge < -0.3 is 14.6 Å². The van der Waals surface area contributed by atoms with Crippen LogP contribution in [0.4, 0.5) is 0 Å². The molecule has 0 aliphatic carbocycles. The van der Waals surface area contributed by atoms with E-state index in [1.807, 2.05) is 19.1 Å². The Bertz CT molecular complexity index is 482. The molecule has 1 aromatic carbocycles. The van der Waals surface area contributed by atoms with E-state index >= 15 is 0 Å². The molecule has 2 atom stereocenters. The summed E-state index contributed by atoms with van der Waals surface area (Å²) in [4.78, 5) is 2.43. The molecule has 0 saturated carbocycles. The highest BCUT2D eigenvalue weighted by molar-refractivity contribution is 9.10. The normalized spacial score (nSPS) is 25.9. The maximum atomic E-state index is 9.95. The molecule has 1 N–H and O–H groups in total. The van der Waals surface area contributed by atoms with Gasteiger partial charge in [-0.15, -0.1) is 0 Å². The van der Waals surface area contributed by atoms with E-state index in [-0.39, 0.29) is 5.75 Å². The third kappa shape index (κ3) is 2.95. The summed E-state index contributed by atoms with van der Waals surface area (Å²) < 4.78 is 12.0. The average Bonchev–Trinajstić information content (AvgIpc) is 2.75. The van der Waals surface area contributed by atoms with Crippen molar-refractivity contribution in [2.45, 2.75) is 38.5 Å². The maximum absolute atomic E-state index is 9.95. The predicted octanol–water partition coefficient (Wildman–Crippen LogP) is 2.92. The first-order valence-corrected chi connectivity index (χ1v) is 7.97. The van der Waals surface area contributed by atoms with Crippen LogP contribution in [0.5, 0.6) is 11.5 Å². The highest BCUT2D eigenvalue weighted by atomic mass is 79.9. The Kier molecular flexibility index (Phi) is 4.19. The minimum atomic E-state index is 0.178. The quantitative estimate of drug-likeness (QED) is 0.914. The lowest BCUT2D eigenvalue weighted by Gasteiger charge is -2.32. The number of phenols is 1. The Hall–Kier alpha value is -0.780. The molecule has 20 heavy (non-hydrogen) atoms. The van der Waals surface area contributed by atoms with Crippen molar-refractivity contribution in [1.29, 1.82) is 0 Å². The molecule has 0 aromatic heterocycles. The van der Waals surface area contributed by atoms with Crippen LogP contribution < -0.4 is 4.74 Å². The Morgan fingerprint density at radius 3 is 2.70 bits per heavy atom. The van der Waals surface area contributed by atoms with Crippen LogP contribution in [0, 0.1) is 0 Å². The minimum absolute atomic E-state index is 0.178. The van der Waals surface area contributed by atoms with Gasteiger partial charge in [0.05, 0.1) is 23.3 Å². The van der Waals surface area contributed by atoms with Gasteiger partial charge in [-0.2, -0.15) is 0 Å². The Morgan fingerprint density at radius 2 is 2.05 bits per heavy atom. The van der Waals surface area contributed by atoms with Crippen molar-refractivity contribution < 1.29 is 14.6 Å². The number of phenolic OH excluding ortho intramolecular Hbond substituents is 1. The summed E-state index contributed by atoms with van der Waals surface area (Å²) in [5.74, 6) is 0.728. The molecular weight excluding hydrogens is 322 g/mol. The van der Waals surface area contributed by atoms with Gasteiger partial charge >= 0.3 is 0 Å². The third-order valence-electron chi connectivity index (χ3n) is 3.91. The van der Waals surface area contributed by atoms with Crippen molar-refractivity contribution in [3.05, 3.63) is 22.2 Å². The van der Waals surface area contributed by atoms with E-state index in [4.69, 9.17) is 9.47 Å². The first-order chi connectivity index (χ1) is 9.65. The summed E-state index contributed by atoms with van der Waals surface area (Å²) in [6.45, 7) is 5.33. The molecule has 0 radical (unpaired) electrons. The largest absolute Gasteiger partial charge is 0.503 e. The molecule has 2 saturated heterocycles. The van der Waals surface area contributed by atoms with Crippen LogP contribution >= 0.6 is 15.9 Å². The highest BCUT2D eigenvalue weighted by Gasteiger charge is 2.33. The van der Waals surface area contributed by atoms with Crippen molar-refractivity contribution in [2.24, 2.45) is 0 Å². The second-order valence-electron chi connectivity index (χ2n) is 5.51. The van der Waals surface area contributed by atoms with Gasteiger partial charge in [0.15, 0.2) is 11.5 Å². The fraction of sp³-hybridized carbons (Fsp3) is 0.600. The van der Waals surface area contributed by atoms with Crippen molar-refractivity contribution in [3.63, 3.8) is 0 Å². The fourth-order valence-corrected chi connectivity index (χ4v) is 3.56. The molecule has 2 heterocycles. The molecule has 4 nitrogen and oxygen atoms in total. The van der Waals surface area contributed by atoms with E-state index in [1.54, 1.807) is 0 Å². The smallest absolute Gasteiger partial charge is 0.172 e. The molecule has 0 amide bonds. The number of nitrogens with zero attached hydrogens (tertiary/aromatic N) is 1. The van der Waals surface area contributed by atoms with E-state index < -0.39 is 0 Å². The Morgan fingerprint density at radius 1 is 1.35 bits per heavy atom. The summed E-state index contributed by atoms with van der Waals surface area (Å²) in [5, 5.41) is 9.95. The molecule has 0 spiro atoms. The molecular formula is C15H20BrNO3. The summed E-state index contributed by atoms with van der Waals surface area (Å²) in [6, 6.07) is 3.90. The van der Waals surface area contributed by atoms with Gasteiger partial charge in [0.25, 0.3) is 0 Å². The van der Waals surface area contributed by atoms with Gasteiger partial charge in [-0.25, -0.2) is 0 Å². The second-order valence-corrected chi connectivity index (χ2v) is 6.36. The number of halogens is 1. The number of morpholine rings is 1. The van der Waals surface area contributed by atoms with Gasteiger partial charge in [0.2, 0.25) is 0 Å². The summed E-state index contributed by atoms with van der Waals surface area (Å²) >= 11 is 3.39. The van der Waals surface area contributed by atoms with E-state index in [9.17, 15) is 5.11 Å². The molecule has 2 bridgehead atoms. The van der Waals surface area contributed by atoms with Gasteiger partial charge in [0.1, 0.15) is 0 Å². The molecule has 5 heteroatoms. The van der Waals surface area contributed by atoms with E-state index in [2.05, 4.69) is 20.8 Å². The van der Waals surface area contributed by atoms with E-state index in [0.29, 0.717) is 29.0 Å². The molecule has 2 aliphatic rings. The van der Waals surface area contributed by atoms with Crippen LogP contribution in [0.15, 0.2) is 16.6 Å². The zero-order valence-electron chi connectivity index (χ0n) is 11.6. The fourth-order valence-electron chi connectivity index (χ4n) is 3.07. The molecule has 1 aromatic rings. The molecule has 2 aliphatic heterocycles. The molecule has 2 fully saturated rings. The van der Waals surface area contributed by atoms with Gasteiger partial charge in [0, 0.05) is 19.6 Å². The Balaban J connectivity index is 1.73. The Labute approximate surface area is 127 Å². The first kappa shape index (κ1) is 14.2. The molecule has 3 rings (SSSR count). The number of fused-ring (bicyclic) bond motifs is 2. The second kappa shape index (κ2) is 5.92. The average molecular weight is 342 g/mol. The van der Waals surface area contributed by atoms with Crippen LogP contribution in [0.2, 0.25) is 0 Å². The monoisotopic (exact) mass is 341 g/mol. The van der Waals surface area contributed by atoms with Gasteiger partial charge in [-0.1, -0.05) is 0 Å². The van der Waals surface area contributed by atoms with Crippen molar-refractivity contribution in [1.82, 2.24) is 4.90 Å². The van der Waals surface area contributed by atoms with Crippen LogP contribution in [0.3, 0.4) is 0 Å².